The second kappa shape index (κ2) is 5.42. The number of phenols is 1. The number of hydrogen-bond donors (Lipinski definition) is 2. The van der Waals surface area contributed by atoms with E-state index in [0.717, 1.165) is 4.47 Å². The highest BCUT2D eigenvalue weighted by atomic mass is 79.9. The largest absolute Gasteiger partial charge is 0.508 e. The summed E-state index contributed by atoms with van der Waals surface area (Å²) in [5.41, 5.74) is 5.83. The van der Waals surface area contributed by atoms with Gasteiger partial charge in [0.15, 0.2) is 0 Å². The van der Waals surface area contributed by atoms with Crippen LogP contribution in [-0.2, 0) is 0 Å². The number of alkyl halides is 1. The molecule has 0 aliphatic carbocycles. The molecule has 0 aromatic heterocycles. The number of phenolic OH excluding ortho intramolecular Hbond substituents is 1. The molecule has 1 rings (SSSR count). The Balaban J connectivity index is 0.00000144. The molecule has 0 aliphatic rings. The molecule has 3 N–H and O–H groups in total. The van der Waals surface area contributed by atoms with Crippen molar-refractivity contribution in [1.82, 2.24) is 0 Å². The van der Waals surface area contributed by atoms with Crippen LogP contribution < -0.4 is 5.73 Å². The van der Waals surface area contributed by atoms with Crippen LogP contribution in [0.15, 0.2) is 22.7 Å². The zero-order valence-electron chi connectivity index (χ0n) is 6.71. The molecule has 0 saturated carbocycles. The van der Waals surface area contributed by atoms with Crippen LogP contribution in [0.3, 0.4) is 0 Å². The van der Waals surface area contributed by atoms with E-state index >= 15 is 0 Å². The molecule has 74 valence electrons. The molecule has 0 fully saturated rings. The number of benzene rings is 1. The van der Waals surface area contributed by atoms with Crippen LogP contribution in [0.2, 0.25) is 0 Å². The zero-order valence-corrected chi connectivity index (χ0v) is 9.11. The summed E-state index contributed by atoms with van der Waals surface area (Å²) >= 11 is 3.20. The van der Waals surface area contributed by atoms with Crippen molar-refractivity contribution in [3.05, 3.63) is 28.2 Å². The van der Waals surface area contributed by atoms with Gasteiger partial charge in [-0.15, -0.1) is 12.4 Å². The van der Waals surface area contributed by atoms with Crippen molar-refractivity contribution >= 4 is 28.3 Å². The monoisotopic (exact) mass is 269 g/mol. The number of aromatic hydroxyl groups is 1. The van der Waals surface area contributed by atoms with Gasteiger partial charge in [0.25, 0.3) is 0 Å². The Bertz CT molecular complexity index is 285. The molecule has 0 spiro atoms. The van der Waals surface area contributed by atoms with Crippen LogP contribution in [-0.4, -0.2) is 11.8 Å². The van der Waals surface area contributed by atoms with E-state index in [1.165, 1.54) is 6.07 Å². The Morgan fingerprint density at radius 1 is 1.54 bits per heavy atom. The van der Waals surface area contributed by atoms with Crippen LogP contribution in [0.4, 0.5) is 4.39 Å². The predicted molar refractivity (Wildman–Crippen MR) is 56.0 cm³/mol. The number of rotatable bonds is 2. The molecule has 13 heavy (non-hydrogen) atoms. The lowest BCUT2D eigenvalue weighted by Gasteiger charge is -2.09. The van der Waals surface area contributed by atoms with E-state index in [4.69, 9.17) is 5.73 Å². The lowest BCUT2D eigenvalue weighted by Crippen LogP contribution is -2.12. The van der Waals surface area contributed by atoms with Gasteiger partial charge in [-0.25, -0.2) is 4.39 Å². The van der Waals surface area contributed by atoms with Crippen molar-refractivity contribution < 1.29 is 9.50 Å². The van der Waals surface area contributed by atoms with Crippen LogP contribution in [0.5, 0.6) is 5.75 Å². The summed E-state index contributed by atoms with van der Waals surface area (Å²) in [6, 6.07) is 4.01. The first-order chi connectivity index (χ1) is 5.65. The zero-order chi connectivity index (χ0) is 9.14. The van der Waals surface area contributed by atoms with Gasteiger partial charge in [0, 0.05) is 10.0 Å². The van der Waals surface area contributed by atoms with Crippen molar-refractivity contribution in [3.63, 3.8) is 0 Å². The van der Waals surface area contributed by atoms with Crippen molar-refractivity contribution in [3.8, 4) is 5.75 Å². The molecule has 0 saturated heterocycles. The van der Waals surface area contributed by atoms with E-state index in [0.29, 0.717) is 5.56 Å². The fourth-order valence-corrected chi connectivity index (χ4v) is 1.28. The van der Waals surface area contributed by atoms with Crippen LogP contribution in [0, 0.1) is 0 Å². The highest BCUT2D eigenvalue weighted by molar-refractivity contribution is 9.10. The van der Waals surface area contributed by atoms with Crippen molar-refractivity contribution in [2.45, 2.75) is 6.04 Å². The standard InChI is InChI=1S/C8H9BrFNO.ClH/c9-5-1-2-8(12)6(3-5)7(11)4-10;/h1-3,7,12H,4,11H2;1H/t7-;/m1./s1. The fourth-order valence-electron chi connectivity index (χ4n) is 0.905. The minimum Gasteiger partial charge on any atom is -0.508 e. The third-order valence-electron chi connectivity index (χ3n) is 1.56. The van der Waals surface area contributed by atoms with Gasteiger partial charge in [-0.3, -0.25) is 0 Å². The Hall–Kier alpha value is -0.320. The van der Waals surface area contributed by atoms with E-state index in [9.17, 15) is 9.50 Å². The predicted octanol–water partition coefficient (Wildman–Crippen LogP) is 2.55. The molecule has 1 aromatic rings. The lowest BCUT2D eigenvalue weighted by atomic mass is 10.1. The average molecular weight is 271 g/mol. The van der Waals surface area contributed by atoms with E-state index in [2.05, 4.69) is 15.9 Å². The number of halogens is 3. The minimum atomic E-state index is -0.748. The van der Waals surface area contributed by atoms with E-state index in [-0.39, 0.29) is 18.2 Å². The van der Waals surface area contributed by atoms with Crippen LogP contribution in [0.1, 0.15) is 11.6 Å². The summed E-state index contributed by atoms with van der Waals surface area (Å²) in [6.45, 7) is -0.677. The Labute approximate surface area is 90.5 Å². The molecular weight excluding hydrogens is 260 g/mol. The summed E-state index contributed by atoms with van der Waals surface area (Å²) in [5.74, 6) is 0.0309. The molecule has 1 atom stereocenters. The first-order valence-electron chi connectivity index (χ1n) is 3.45. The minimum absolute atomic E-state index is 0. The molecule has 2 nitrogen and oxygen atoms in total. The normalized spacial score (nSPS) is 11.9. The second-order valence-corrected chi connectivity index (χ2v) is 3.38. The number of nitrogens with two attached hydrogens (primary N) is 1. The molecule has 1 aromatic carbocycles. The summed E-state index contributed by atoms with van der Waals surface area (Å²) in [6.07, 6.45) is 0. The molecule has 0 heterocycles. The lowest BCUT2D eigenvalue weighted by molar-refractivity contribution is 0.414. The van der Waals surface area contributed by atoms with Gasteiger partial charge in [-0.05, 0) is 18.2 Å². The Morgan fingerprint density at radius 2 is 2.15 bits per heavy atom. The topological polar surface area (TPSA) is 46.2 Å². The molecule has 0 bridgehead atoms. The first kappa shape index (κ1) is 12.7. The third-order valence-corrected chi connectivity index (χ3v) is 2.05. The maximum Gasteiger partial charge on any atom is 0.120 e. The maximum absolute atomic E-state index is 12.1. The average Bonchev–Trinajstić information content (AvgIpc) is 2.08. The first-order valence-corrected chi connectivity index (χ1v) is 4.24. The van der Waals surface area contributed by atoms with Crippen molar-refractivity contribution in [2.75, 3.05) is 6.67 Å². The van der Waals surface area contributed by atoms with Crippen molar-refractivity contribution in [2.24, 2.45) is 5.73 Å². The van der Waals surface area contributed by atoms with E-state index < -0.39 is 12.7 Å². The molecule has 5 heteroatoms. The fraction of sp³-hybridized carbons (Fsp3) is 0.250. The van der Waals surface area contributed by atoms with Crippen LogP contribution >= 0.6 is 28.3 Å². The summed E-state index contributed by atoms with van der Waals surface area (Å²) in [4.78, 5) is 0. The van der Waals surface area contributed by atoms with Gasteiger partial charge < -0.3 is 10.8 Å². The van der Waals surface area contributed by atoms with Crippen molar-refractivity contribution in [1.29, 1.82) is 0 Å². The summed E-state index contributed by atoms with van der Waals surface area (Å²) in [7, 11) is 0. The maximum atomic E-state index is 12.1. The van der Waals surface area contributed by atoms with Gasteiger partial charge in [0.05, 0.1) is 6.04 Å². The molecule has 0 radical (unpaired) electrons. The number of hydrogen-bond acceptors (Lipinski definition) is 2. The highest BCUT2D eigenvalue weighted by Gasteiger charge is 2.10. The third kappa shape index (κ3) is 3.14. The summed E-state index contributed by atoms with van der Waals surface area (Å²) in [5, 5.41) is 9.27. The Morgan fingerprint density at radius 3 is 2.69 bits per heavy atom. The van der Waals surface area contributed by atoms with Gasteiger partial charge >= 0.3 is 0 Å². The van der Waals surface area contributed by atoms with Gasteiger partial charge in [-0.1, -0.05) is 15.9 Å². The molecule has 0 aliphatic heterocycles. The second-order valence-electron chi connectivity index (χ2n) is 2.46. The highest BCUT2D eigenvalue weighted by Crippen LogP contribution is 2.26. The smallest absolute Gasteiger partial charge is 0.120 e. The van der Waals surface area contributed by atoms with E-state index in [1.807, 2.05) is 0 Å². The van der Waals surface area contributed by atoms with Gasteiger partial charge in [0.2, 0.25) is 0 Å². The molecule has 0 amide bonds. The molecular formula is C8H10BrClFNO. The summed E-state index contributed by atoms with van der Waals surface area (Å²) < 4.78 is 12.9. The Kier molecular flexibility index (Phi) is 5.29. The van der Waals surface area contributed by atoms with Gasteiger partial charge in [-0.2, -0.15) is 0 Å². The van der Waals surface area contributed by atoms with Gasteiger partial charge in [0.1, 0.15) is 12.4 Å². The van der Waals surface area contributed by atoms with Crippen LogP contribution in [0.25, 0.3) is 0 Å². The van der Waals surface area contributed by atoms with E-state index in [1.54, 1.807) is 12.1 Å². The molecule has 0 unspecified atom stereocenters. The quantitative estimate of drug-likeness (QED) is 0.867. The SMILES string of the molecule is Cl.N[C@H](CF)c1cc(Br)ccc1O.